The van der Waals surface area contributed by atoms with E-state index in [1.165, 1.54) is 11.1 Å². The number of hydrogen-bond acceptors (Lipinski definition) is 8. The average molecular weight is 398 g/mol. The fourth-order valence-electron chi connectivity index (χ4n) is 3.23. The molecule has 3 aromatic rings. The maximum Gasteiger partial charge on any atom is 0.279 e. The predicted octanol–water partition coefficient (Wildman–Crippen LogP) is 2.11. The second-order valence-electron chi connectivity index (χ2n) is 6.59. The minimum absolute atomic E-state index is 0.00671. The number of piperazine rings is 1. The van der Waals surface area contributed by atoms with Gasteiger partial charge >= 0.3 is 0 Å². The lowest BCUT2D eigenvalue weighted by atomic mass is 10.2. The van der Waals surface area contributed by atoms with Gasteiger partial charge in [0.15, 0.2) is 11.2 Å². The van der Waals surface area contributed by atoms with E-state index in [-0.39, 0.29) is 17.1 Å². The van der Waals surface area contributed by atoms with Gasteiger partial charge in [-0.2, -0.15) is 0 Å². The van der Waals surface area contributed by atoms with Gasteiger partial charge in [-0.05, 0) is 43.1 Å². The fraction of sp³-hybridized carbons (Fsp3) is 0.368. The molecule has 1 N–H and O–H groups in total. The van der Waals surface area contributed by atoms with E-state index >= 15 is 0 Å². The molecule has 9 heteroatoms. The van der Waals surface area contributed by atoms with Crippen molar-refractivity contribution in [3.05, 3.63) is 52.8 Å². The standard InChI is InChI=1S/C19H22N6O2S/c1-13(17-22-18-16(19(26)23-17)20-7-8-21-18)24-9-11-25(12-10-24)28-15-5-3-14(27-2)4-6-15/h3-8,13H,9-12H2,1-2H3,(H,21,22,23,26). The number of benzene rings is 1. The van der Waals surface area contributed by atoms with Crippen molar-refractivity contribution in [2.75, 3.05) is 33.3 Å². The first-order valence-electron chi connectivity index (χ1n) is 9.16. The summed E-state index contributed by atoms with van der Waals surface area (Å²) in [5, 5.41) is 0. The van der Waals surface area contributed by atoms with Crippen molar-refractivity contribution in [3.63, 3.8) is 0 Å². The fourth-order valence-corrected chi connectivity index (χ4v) is 4.13. The predicted molar refractivity (Wildman–Crippen MR) is 108 cm³/mol. The molecule has 2 aromatic heterocycles. The molecule has 1 aromatic carbocycles. The molecular weight excluding hydrogens is 376 g/mol. The molecule has 28 heavy (non-hydrogen) atoms. The SMILES string of the molecule is COc1ccc(SN2CCN(C(C)c3nc4nccnc4c(=O)[nH]3)CC2)cc1. The minimum Gasteiger partial charge on any atom is -0.497 e. The van der Waals surface area contributed by atoms with Crippen molar-refractivity contribution < 1.29 is 4.74 Å². The highest BCUT2D eigenvalue weighted by atomic mass is 32.2. The van der Waals surface area contributed by atoms with E-state index in [1.807, 2.05) is 12.1 Å². The summed E-state index contributed by atoms with van der Waals surface area (Å²) in [6.45, 7) is 5.71. The molecule has 0 radical (unpaired) electrons. The van der Waals surface area contributed by atoms with Gasteiger partial charge in [0.2, 0.25) is 0 Å². The number of fused-ring (bicyclic) bond motifs is 1. The monoisotopic (exact) mass is 398 g/mol. The van der Waals surface area contributed by atoms with Crippen LogP contribution in [0.2, 0.25) is 0 Å². The summed E-state index contributed by atoms with van der Waals surface area (Å²) in [6, 6.07) is 8.11. The summed E-state index contributed by atoms with van der Waals surface area (Å²) >= 11 is 1.76. The third-order valence-electron chi connectivity index (χ3n) is 4.87. The Kier molecular flexibility index (Phi) is 5.56. The van der Waals surface area contributed by atoms with Gasteiger partial charge in [0.1, 0.15) is 11.6 Å². The zero-order valence-corrected chi connectivity index (χ0v) is 16.6. The van der Waals surface area contributed by atoms with Crippen molar-refractivity contribution in [1.29, 1.82) is 0 Å². The number of nitrogens with one attached hydrogen (secondary N) is 1. The minimum atomic E-state index is -0.242. The summed E-state index contributed by atoms with van der Waals surface area (Å²) in [5.41, 5.74) is 0.426. The van der Waals surface area contributed by atoms with Gasteiger partial charge in [-0.1, -0.05) is 0 Å². The van der Waals surface area contributed by atoms with Crippen LogP contribution in [0.5, 0.6) is 5.75 Å². The highest BCUT2D eigenvalue weighted by Gasteiger charge is 2.24. The van der Waals surface area contributed by atoms with E-state index in [1.54, 1.807) is 25.3 Å². The lowest BCUT2D eigenvalue weighted by Gasteiger charge is -2.36. The maximum atomic E-state index is 12.3. The van der Waals surface area contributed by atoms with Gasteiger partial charge in [0.25, 0.3) is 5.56 Å². The molecule has 0 spiro atoms. The van der Waals surface area contributed by atoms with Crippen LogP contribution >= 0.6 is 11.9 Å². The first-order chi connectivity index (χ1) is 13.6. The van der Waals surface area contributed by atoms with Gasteiger partial charge in [0.05, 0.1) is 13.2 Å². The van der Waals surface area contributed by atoms with E-state index in [0.717, 1.165) is 31.9 Å². The highest BCUT2D eigenvalue weighted by molar-refractivity contribution is 7.97. The van der Waals surface area contributed by atoms with Crippen LogP contribution in [0.15, 0.2) is 46.3 Å². The molecule has 0 aliphatic carbocycles. The summed E-state index contributed by atoms with van der Waals surface area (Å²) in [7, 11) is 1.67. The molecule has 146 valence electrons. The van der Waals surface area contributed by atoms with Gasteiger partial charge in [-0.25, -0.2) is 19.3 Å². The number of ether oxygens (including phenoxy) is 1. The number of nitrogens with zero attached hydrogens (tertiary/aromatic N) is 5. The Labute approximate surface area is 167 Å². The van der Waals surface area contributed by atoms with Crippen molar-refractivity contribution in [3.8, 4) is 5.75 Å². The summed E-state index contributed by atoms with van der Waals surface area (Å²) in [4.78, 5) is 31.4. The zero-order valence-electron chi connectivity index (χ0n) is 15.8. The Balaban J connectivity index is 1.39. The zero-order chi connectivity index (χ0) is 19.5. The Hall–Kier alpha value is -2.49. The molecule has 1 atom stereocenters. The molecule has 3 heterocycles. The van der Waals surface area contributed by atoms with Gasteiger partial charge in [-0.15, -0.1) is 0 Å². The third kappa shape index (κ3) is 4.01. The van der Waals surface area contributed by atoms with Crippen molar-refractivity contribution >= 4 is 23.1 Å². The van der Waals surface area contributed by atoms with E-state index in [0.29, 0.717) is 11.5 Å². The van der Waals surface area contributed by atoms with Crippen LogP contribution in [0.3, 0.4) is 0 Å². The second kappa shape index (κ2) is 8.26. The van der Waals surface area contributed by atoms with E-state index in [9.17, 15) is 4.79 Å². The molecule has 8 nitrogen and oxygen atoms in total. The Morgan fingerprint density at radius 2 is 1.82 bits per heavy atom. The van der Waals surface area contributed by atoms with Crippen LogP contribution in [-0.4, -0.2) is 62.4 Å². The van der Waals surface area contributed by atoms with Crippen LogP contribution in [-0.2, 0) is 0 Å². The summed E-state index contributed by atoms with van der Waals surface area (Å²) in [5.74, 6) is 1.50. The molecule has 1 saturated heterocycles. The summed E-state index contributed by atoms with van der Waals surface area (Å²) in [6.07, 6.45) is 3.06. The number of aromatic nitrogens is 4. The van der Waals surface area contributed by atoms with E-state index < -0.39 is 0 Å². The molecule has 0 saturated carbocycles. The van der Waals surface area contributed by atoms with Crippen LogP contribution < -0.4 is 10.3 Å². The van der Waals surface area contributed by atoms with Gasteiger partial charge in [0, 0.05) is 43.5 Å². The van der Waals surface area contributed by atoms with E-state index in [2.05, 4.69) is 48.2 Å². The van der Waals surface area contributed by atoms with Crippen molar-refractivity contribution in [2.45, 2.75) is 17.9 Å². The molecule has 0 amide bonds. The average Bonchev–Trinajstić information content (AvgIpc) is 2.74. The van der Waals surface area contributed by atoms with Crippen LogP contribution in [0, 0.1) is 0 Å². The smallest absolute Gasteiger partial charge is 0.279 e. The molecule has 1 unspecified atom stereocenters. The topological polar surface area (TPSA) is 87.2 Å². The number of hydrogen-bond donors (Lipinski definition) is 1. The highest BCUT2D eigenvalue weighted by Crippen LogP contribution is 2.27. The van der Waals surface area contributed by atoms with E-state index in [4.69, 9.17) is 4.74 Å². The van der Waals surface area contributed by atoms with Crippen LogP contribution in [0.4, 0.5) is 0 Å². The first-order valence-corrected chi connectivity index (χ1v) is 9.93. The van der Waals surface area contributed by atoms with Gasteiger partial charge < -0.3 is 9.72 Å². The number of methoxy groups -OCH3 is 1. The molecule has 4 rings (SSSR count). The number of aromatic amines is 1. The lowest BCUT2D eigenvalue weighted by molar-refractivity contribution is 0.146. The first kappa shape index (κ1) is 18.9. The molecule has 0 bridgehead atoms. The Morgan fingerprint density at radius 3 is 2.54 bits per heavy atom. The molecule has 1 fully saturated rings. The third-order valence-corrected chi connectivity index (χ3v) is 5.98. The van der Waals surface area contributed by atoms with Crippen LogP contribution in [0.1, 0.15) is 18.8 Å². The Morgan fingerprint density at radius 1 is 1.11 bits per heavy atom. The lowest BCUT2D eigenvalue weighted by Crippen LogP contribution is -2.45. The summed E-state index contributed by atoms with van der Waals surface area (Å²) < 4.78 is 7.56. The molecular formula is C19H22N6O2S. The van der Waals surface area contributed by atoms with Crippen LogP contribution in [0.25, 0.3) is 11.2 Å². The Bertz CT molecular complexity index is 1000. The van der Waals surface area contributed by atoms with Gasteiger partial charge in [-0.3, -0.25) is 9.69 Å². The number of rotatable bonds is 5. The van der Waals surface area contributed by atoms with Crippen molar-refractivity contribution in [1.82, 2.24) is 29.1 Å². The quantitative estimate of drug-likeness (QED) is 0.654. The number of H-pyrrole nitrogens is 1. The molecule has 1 aliphatic heterocycles. The maximum absolute atomic E-state index is 12.3. The van der Waals surface area contributed by atoms with Crippen molar-refractivity contribution in [2.24, 2.45) is 0 Å². The molecule has 1 aliphatic rings. The largest absolute Gasteiger partial charge is 0.497 e. The second-order valence-corrected chi connectivity index (χ2v) is 7.76. The normalized spacial score (nSPS) is 16.9.